The van der Waals surface area contributed by atoms with E-state index in [4.69, 9.17) is 15.2 Å². The van der Waals surface area contributed by atoms with Crippen molar-refractivity contribution in [2.75, 3.05) is 26.1 Å². The zero-order valence-electron chi connectivity index (χ0n) is 9.15. The van der Waals surface area contributed by atoms with E-state index in [9.17, 15) is 0 Å². The first-order valence-corrected chi connectivity index (χ1v) is 4.63. The fourth-order valence-corrected chi connectivity index (χ4v) is 0.957. The Hall–Kier alpha value is -1.56. The Morgan fingerprint density at radius 1 is 1.33 bits per heavy atom. The van der Waals surface area contributed by atoms with Crippen LogP contribution in [0, 0.1) is 0 Å². The number of aromatic nitrogens is 2. The summed E-state index contributed by atoms with van der Waals surface area (Å²) in [5, 5.41) is 3.03. The van der Waals surface area contributed by atoms with Gasteiger partial charge in [-0.2, -0.15) is 9.97 Å². The van der Waals surface area contributed by atoms with E-state index >= 15 is 0 Å². The highest BCUT2D eigenvalue weighted by Gasteiger charge is 2.07. The average Bonchev–Trinajstić information content (AvgIpc) is 2.28. The van der Waals surface area contributed by atoms with Crippen LogP contribution in [0.25, 0.3) is 0 Å². The van der Waals surface area contributed by atoms with E-state index in [-0.39, 0.29) is 6.04 Å². The average molecular weight is 212 g/mol. The molecule has 0 saturated heterocycles. The third kappa shape index (κ3) is 3.25. The van der Waals surface area contributed by atoms with Crippen molar-refractivity contribution in [3.63, 3.8) is 0 Å². The SMILES string of the molecule is COc1cc(OC)nc(NC(C)CN)n1. The maximum atomic E-state index is 5.48. The minimum atomic E-state index is 0.0989. The molecule has 0 amide bonds. The Bertz CT molecular complexity index is 297. The van der Waals surface area contributed by atoms with Crippen LogP contribution in [0.3, 0.4) is 0 Å². The lowest BCUT2D eigenvalue weighted by atomic mass is 10.3. The minimum absolute atomic E-state index is 0.0989. The molecule has 0 spiro atoms. The Labute approximate surface area is 88.8 Å². The van der Waals surface area contributed by atoms with Crippen molar-refractivity contribution in [1.82, 2.24) is 9.97 Å². The molecule has 15 heavy (non-hydrogen) atoms. The molecule has 0 radical (unpaired) electrons. The van der Waals surface area contributed by atoms with Crippen LogP contribution >= 0.6 is 0 Å². The van der Waals surface area contributed by atoms with Crippen molar-refractivity contribution in [2.24, 2.45) is 5.73 Å². The quantitative estimate of drug-likeness (QED) is 0.728. The fourth-order valence-electron chi connectivity index (χ4n) is 0.957. The number of ether oxygens (including phenoxy) is 2. The maximum Gasteiger partial charge on any atom is 0.229 e. The van der Waals surface area contributed by atoms with Gasteiger partial charge in [-0.25, -0.2) is 0 Å². The molecule has 0 saturated carbocycles. The van der Waals surface area contributed by atoms with Gasteiger partial charge in [0.2, 0.25) is 17.7 Å². The molecule has 0 aliphatic carbocycles. The summed E-state index contributed by atoms with van der Waals surface area (Å²) in [4.78, 5) is 8.22. The molecule has 1 unspecified atom stereocenters. The number of hydrogen-bond donors (Lipinski definition) is 2. The van der Waals surface area contributed by atoms with Gasteiger partial charge in [-0.15, -0.1) is 0 Å². The number of rotatable bonds is 5. The standard InChI is InChI=1S/C9H16N4O2/c1-6(5-10)11-9-12-7(14-2)4-8(13-9)15-3/h4,6H,5,10H2,1-3H3,(H,11,12,13). The molecule has 1 atom stereocenters. The third-order valence-electron chi connectivity index (χ3n) is 1.83. The number of hydrogen-bond acceptors (Lipinski definition) is 6. The zero-order chi connectivity index (χ0) is 11.3. The predicted molar refractivity (Wildman–Crippen MR) is 57.3 cm³/mol. The van der Waals surface area contributed by atoms with Crippen molar-refractivity contribution in [3.8, 4) is 11.8 Å². The summed E-state index contributed by atoms with van der Waals surface area (Å²) < 4.78 is 10.0. The van der Waals surface area contributed by atoms with E-state index in [1.807, 2.05) is 6.92 Å². The number of nitrogens with two attached hydrogens (primary N) is 1. The van der Waals surface area contributed by atoms with Gasteiger partial charge >= 0.3 is 0 Å². The summed E-state index contributed by atoms with van der Waals surface area (Å²) in [6.07, 6.45) is 0. The summed E-state index contributed by atoms with van der Waals surface area (Å²) in [5.74, 6) is 1.35. The molecule has 0 aliphatic rings. The van der Waals surface area contributed by atoms with Gasteiger partial charge in [-0.05, 0) is 6.92 Å². The molecular formula is C9H16N4O2. The van der Waals surface area contributed by atoms with Crippen molar-refractivity contribution in [1.29, 1.82) is 0 Å². The summed E-state index contributed by atoms with van der Waals surface area (Å²) in [5.41, 5.74) is 5.48. The molecule has 1 rings (SSSR count). The van der Waals surface area contributed by atoms with E-state index in [0.29, 0.717) is 24.3 Å². The number of nitrogens with one attached hydrogen (secondary N) is 1. The van der Waals surface area contributed by atoms with Crippen molar-refractivity contribution in [2.45, 2.75) is 13.0 Å². The van der Waals surface area contributed by atoms with Gasteiger partial charge in [0.25, 0.3) is 0 Å². The topological polar surface area (TPSA) is 82.3 Å². The number of nitrogens with zero attached hydrogens (tertiary/aromatic N) is 2. The van der Waals surface area contributed by atoms with Crippen LogP contribution in [0.15, 0.2) is 6.07 Å². The second-order valence-electron chi connectivity index (χ2n) is 3.06. The van der Waals surface area contributed by atoms with Crippen LogP contribution in [0.4, 0.5) is 5.95 Å². The van der Waals surface area contributed by atoms with Crippen LogP contribution < -0.4 is 20.5 Å². The molecule has 0 fully saturated rings. The molecule has 84 valence electrons. The first kappa shape index (κ1) is 11.5. The fraction of sp³-hybridized carbons (Fsp3) is 0.556. The monoisotopic (exact) mass is 212 g/mol. The van der Waals surface area contributed by atoms with E-state index in [1.54, 1.807) is 6.07 Å². The van der Waals surface area contributed by atoms with Crippen LogP contribution in [0.2, 0.25) is 0 Å². The van der Waals surface area contributed by atoms with E-state index in [1.165, 1.54) is 14.2 Å². The summed E-state index contributed by atoms with van der Waals surface area (Å²) >= 11 is 0. The lowest BCUT2D eigenvalue weighted by molar-refractivity contribution is 0.372. The van der Waals surface area contributed by atoms with Crippen LogP contribution in [0.1, 0.15) is 6.92 Å². The van der Waals surface area contributed by atoms with Crippen molar-refractivity contribution in [3.05, 3.63) is 6.07 Å². The van der Waals surface area contributed by atoms with E-state index < -0.39 is 0 Å². The van der Waals surface area contributed by atoms with Gasteiger partial charge in [0, 0.05) is 12.6 Å². The largest absolute Gasteiger partial charge is 0.481 e. The first-order chi connectivity index (χ1) is 7.19. The number of methoxy groups -OCH3 is 2. The van der Waals surface area contributed by atoms with Gasteiger partial charge in [0.1, 0.15) is 0 Å². The molecule has 3 N–H and O–H groups in total. The normalized spacial score (nSPS) is 12.0. The van der Waals surface area contributed by atoms with Gasteiger partial charge in [0.15, 0.2) is 0 Å². The van der Waals surface area contributed by atoms with Crippen LogP contribution in [-0.2, 0) is 0 Å². The zero-order valence-corrected chi connectivity index (χ0v) is 9.15. The van der Waals surface area contributed by atoms with Gasteiger partial charge < -0.3 is 20.5 Å². The molecule has 0 aliphatic heterocycles. The van der Waals surface area contributed by atoms with E-state index in [2.05, 4.69) is 15.3 Å². The molecule has 1 aromatic heterocycles. The Balaban J connectivity index is 2.86. The highest BCUT2D eigenvalue weighted by molar-refractivity contribution is 5.34. The lowest BCUT2D eigenvalue weighted by Crippen LogP contribution is -2.26. The molecule has 6 nitrogen and oxygen atoms in total. The molecule has 0 bridgehead atoms. The molecule has 6 heteroatoms. The number of anilines is 1. The summed E-state index contributed by atoms with van der Waals surface area (Å²) in [6, 6.07) is 1.71. The summed E-state index contributed by atoms with van der Waals surface area (Å²) in [7, 11) is 3.08. The predicted octanol–water partition coefficient (Wildman–Crippen LogP) is 0.253. The highest BCUT2D eigenvalue weighted by Crippen LogP contribution is 2.17. The smallest absolute Gasteiger partial charge is 0.229 e. The van der Waals surface area contributed by atoms with Crippen molar-refractivity contribution >= 4 is 5.95 Å². The summed E-state index contributed by atoms with van der Waals surface area (Å²) in [6.45, 7) is 2.44. The second kappa shape index (κ2) is 5.35. The molecule has 1 heterocycles. The molecular weight excluding hydrogens is 196 g/mol. The Morgan fingerprint density at radius 2 is 1.87 bits per heavy atom. The maximum absolute atomic E-state index is 5.48. The third-order valence-corrected chi connectivity index (χ3v) is 1.83. The Morgan fingerprint density at radius 3 is 2.27 bits per heavy atom. The van der Waals surface area contributed by atoms with Crippen molar-refractivity contribution < 1.29 is 9.47 Å². The van der Waals surface area contributed by atoms with E-state index in [0.717, 1.165) is 0 Å². The molecule has 1 aromatic rings. The first-order valence-electron chi connectivity index (χ1n) is 4.63. The van der Waals surface area contributed by atoms with Gasteiger partial charge in [0.05, 0.1) is 20.3 Å². The lowest BCUT2D eigenvalue weighted by Gasteiger charge is -2.12. The highest BCUT2D eigenvalue weighted by atomic mass is 16.5. The van der Waals surface area contributed by atoms with Gasteiger partial charge in [-0.1, -0.05) is 0 Å². The Kier molecular flexibility index (Phi) is 4.11. The second-order valence-corrected chi connectivity index (χ2v) is 3.06. The molecule has 0 aromatic carbocycles. The van der Waals surface area contributed by atoms with Crippen LogP contribution in [-0.4, -0.2) is 36.8 Å². The minimum Gasteiger partial charge on any atom is -0.481 e. The van der Waals surface area contributed by atoms with Gasteiger partial charge in [-0.3, -0.25) is 0 Å². The van der Waals surface area contributed by atoms with Crippen LogP contribution in [0.5, 0.6) is 11.8 Å².